The number of rotatable bonds is 22. The summed E-state index contributed by atoms with van der Waals surface area (Å²) in [6.07, 6.45) is 5.15. The van der Waals surface area contributed by atoms with Crippen molar-refractivity contribution in [3.8, 4) is 11.4 Å². The molecule has 5 heterocycles. The molecule has 2 aromatic carbocycles. The number of thioether (sulfide) groups is 1. The molecule has 394 valence electrons. The maximum atomic E-state index is 15.3. The van der Waals surface area contributed by atoms with E-state index in [-0.39, 0.29) is 80.2 Å². The molecule has 4 aliphatic rings. The molecule has 0 fully saturated rings. The number of imide groups is 1. The number of ether oxygens (including phenoxy) is 1. The Bertz CT molecular complexity index is 3090. The van der Waals surface area contributed by atoms with E-state index in [0.717, 1.165) is 16.0 Å². The second-order valence-electron chi connectivity index (χ2n) is 18.8. The second kappa shape index (κ2) is 23.2. The smallest absolute Gasteiger partial charge is 0.342 e. The number of esters is 1. The average molecular weight is 1050 g/mol. The summed E-state index contributed by atoms with van der Waals surface area (Å²) in [7, 11) is 0. The molecular formula is C52H56FN9O12S. The highest BCUT2D eigenvalue weighted by atomic mass is 32.2. The second-order valence-corrected chi connectivity index (χ2v) is 19.9. The molecule has 0 spiro atoms. The van der Waals surface area contributed by atoms with E-state index in [2.05, 4.69) is 31.9 Å². The Hall–Kier alpha value is -7.79. The molecule has 7 N–H and O–H groups in total. The molecule has 1 aliphatic carbocycles. The van der Waals surface area contributed by atoms with E-state index in [4.69, 9.17) is 9.72 Å². The fourth-order valence-corrected chi connectivity index (χ4v) is 10.4. The van der Waals surface area contributed by atoms with Gasteiger partial charge in [0.2, 0.25) is 35.4 Å². The van der Waals surface area contributed by atoms with Crippen LogP contribution in [0.1, 0.15) is 90.4 Å². The Morgan fingerprint density at radius 3 is 2.32 bits per heavy atom. The predicted octanol–water partition coefficient (Wildman–Crippen LogP) is 0.999. The maximum Gasteiger partial charge on any atom is 0.342 e. The number of benzene rings is 2. The van der Waals surface area contributed by atoms with Crippen LogP contribution >= 0.6 is 11.8 Å². The van der Waals surface area contributed by atoms with Gasteiger partial charge in [0.25, 0.3) is 17.4 Å². The molecule has 23 heteroatoms. The van der Waals surface area contributed by atoms with Gasteiger partial charge >= 0.3 is 5.97 Å². The van der Waals surface area contributed by atoms with Gasteiger partial charge < -0.3 is 46.3 Å². The third kappa shape index (κ3) is 12.1. The number of hydrogen-bond acceptors (Lipinski definition) is 14. The Labute approximate surface area is 433 Å². The van der Waals surface area contributed by atoms with Crippen molar-refractivity contribution >= 4 is 75.9 Å². The third-order valence-electron chi connectivity index (χ3n) is 13.6. The van der Waals surface area contributed by atoms with Gasteiger partial charge in [-0.2, -0.15) is 0 Å². The normalized spacial score (nSPS) is 17.4. The fraction of sp³-hybridized carbons (Fsp3) is 0.404. The first-order chi connectivity index (χ1) is 35.9. The Balaban J connectivity index is 0.781. The molecule has 0 saturated carbocycles. The largest absolute Gasteiger partial charge is 0.458 e. The van der Waals surface area contributed by atoms with Crippen LogP contribution in [0.5, 0.6) is 0 Å². The van der Waals surface area contributed by atoms with Crippen molar-refractivity contribution in [2.24, 2.45) is 0 Å². The molecule has 8 rings (SSSR count). The van der Waals surface area contributed by atoms with E-state index in [1.807, 2.05) is 0 Å². The van der Waals surface area contributed by atoms with Crippen molar-refractivity contribution in [1.29, 1.82) is 0 Å². The lowest BCUT2D eigenvalue weighted by molar-refractivity contribution is -0.169. The number of aliphatic hydroxyl groups is 1. The van der Waals surface area contributed by atoms with Crippen LogP contribution in [0.2, 0.25) is 0 Å². The third-order valence-corrected chi connectivity index (χ3v) is 14.5. The maximum absolute atomic E-state index is 15.3. The topological polar surface area (TPSA) is 293 Å². The van der Waals surface area contributed by atoms with E-state index in [1.165, 1.54) is 41.5 Å². The van der Waals surface area contributed by atoms with Crippen LogP contribution in [-0.4, -0.2) is 117 Å². The summed E-state index contributed by atoms with van der Waals surface area (Å²) in [4.78, 5) is 133. The van der Waals surface area contributed by atoms with Crippen LogP contribution < -0.4 is 37.5 Å². The van der Waals surface area contributed by atoms with Gasteiger partial charge in [-0.25, -0.2) is 14.2 Å². The number of cyclic esters (lactones) is 1. The molecular weight excluding hydrogens is 994 g/mol. The number of carbonyl (C=O) groups is 9. The predicted molar refractivity (Wildman–Crippen MR) is 269 cm³/mol. The lowest BCUT2D eigenvalue weighted by Gasteiger charge is -2.30. The fourth-order valence-electron chi connectivity index (χ4n) is 9.64. The number of unbranched alkanes of at least 4 members (excludes halogenated alkanes) is 2. The van der Waals surface area contributed by atoms with Gasteiger partial charge in [0.1, 0.15) is 18.5 Å². The SMILES string of the molecule is Cc1c(F)cc2nc3c(c4c2c1CC[C@@H]4NC(=O)CCSCNC(=O)CNC(=O)[C@H](Cc1ccccc1)NC(=O)CNC(=O)CNC(=O)CCCCCN1C(=O)C=CC1=O)Cn1c-3cc2c(c1=O)COC(=O)[C@@]2(C)O. The molecule has 21 nitrogen and oxygen atoms in total. The molecule has 0 saturated heterocycles. The summed E-state index contributed by atoms with van der Waals surface area (Å²) in [5.41, 5.74) is 2.16. The quantitative estimate of drug-likeness (QED) is 0.0220. The first kappa shape index (κ1) is 53.5. The minimum absolute atomic E-state index is 0.0691. The Morgan fingerprint density at radius 2 is 1.56 bits per heavy atom. The summed E-state index contributed by atoms with van der Waals surface area (Å²) in [6, 6.07) is 10.1. The molecule has 3 aliphatic heterocycles. The number of fused-ring (bicyclic) bond motifs is 5. The lowest BCUT2D eigenvalue weighted by atomic mass is 9.81. The van der Waals surface area contributed by atoms with Gasteiger partial charge in [-0.3, -0.25) is 48.1 Å². The van der Waals surface area contributed by atoms with Gasteiger partial charge in [-0.05, 0) is 67.9 Å². The van der Waals surface area contributed by atoms with Crippen LogP contribution in [0, 0.1) is 12.7 Å². The van der Waals surface area contributed by atoms with Gasteiger partial charge in [-0.15, -0.1) is 11.8 Å². The molecule has 2 aromatic heterocycles. The number of amides is 8. The zero-order valence-corrected chi connectivity index (χ0v) is 42.0. The van der Waals surface area contributed by atoms with Crippen molar-refractivity contribution < 1.29 is 57.4 Å². The van der Waals surface area contributed by atoms with Gasteiger partial charge in [0.05, 0.1) is 60.6 Å². The highest BCUT2D eigenvalue weighted by Crippen LogP contribution is 2.45. The zero-order valence-electron chi connectivity index (χ0n) is 41.2. The van der Waals surface area contributed by atoms with Crippen LogP contribution in [-0.2, 0) is 79.5 Å². The monoisotopic (exact) mass is 1050 g/mol. The summed E-state index contributed by atoms with van der Waals surface area (Å²) in [5.74, 6) is -4.83. The Morgan fingerprint density at radius 1 is 0.853 bits per heavy atom. The first-order valence-electron chi connectivity index (χ1n) is 24.5. The van der Waals surface area contributed by atoms with E-state index in [0.29, 0.717) is 76.8 Å². The van der Waals surface area contributed by atoms with E-state index >= 15 is 4.39 Å². The molecule has 4 aromatic rings. The highest BCUT2D eigenvalue weighted by molar-refractivity contribution is 7.99. The Kier molecular flexibility index (Phi) is 16.5. The summed E-state index contributed by atoms with van der Waals surface area (Å²) >= 11 is 1.27. The summed E-state index contributed by atoms with van der Waals surface area (Å²) in [5, 5.41) is 27.6. The molecule has 0 bridgehead atoms. The minimum Gasteiger partial charge on any atom is -0.458 e. The van der Waals surface area contributed by atoms with E-state index in [1.54, 1.807) is 43.3 Å². The van der Waals surface area contributed by atoms with E-state index in [9.17, 15) is 53.1 Å². The number of carbonyl (C=O) groups excluding carboxylic acids is 9. The number of aryl methyl sites for hydroxylation is 1. The van der Waals surface area contributed by atoms with Crippen molar-refractivity contribution in [3.63, 3.8) is 0 Å². The van der Waals surface area contributed by atoms with Gasteiger partial charge in [-0.1, -0.05) is 36.8 Å². The standard InChI is InChI=1S/C52H56FN9O12S/c1-28-30-12-13-35(47-31-25-62-38(48(31)60-36(46(30)47)21-34(28)53)20-33-32(50(62)71)26-74-51(72)52(33,2)73)58-40(64)16-18-75-27-57-42(66)23-56-49(70)37(19-29-9-5-3-6-10-29)59-43(67)24-55-41(65)22-54-39(63)11-7-4-8-17-61-44(68)14-15-45(61)69/h3,5-6,9-10,14-15,20-21,35,37,73H,4,7-8,11-13,16-19,22-27H2,1-2H3,(H,54,63)(H,55,65)(H,56,70)(H,57,66)(H,58,64)(H,59,67)/t35-,37-,52-/m0/s1. The summed E-state index contributed by atoms with van der Waals surface area (Å²) < 4.78 is 21.9. The van der Waals surface area contributed by atoms with Crippen LogP contribution in [0.4, 0.5) is 4.39 Å². The first-order valence-corrected chi connectivity index (χ1v) is 25.7. The molecule has 3 atom stereocenters. The highest BCUT2D eigenvalue weighted by Gasteiger charge is 2.44. The van der Waals surface area contributed by atoms with Gasteiger partial charge in [0, 0.05) is 66.3 Å². The zero-order chi connectivity index (χ0) is 53.6. The molecule has 75 heavy (non-hydrogen) atoms. The van der Waals surface area contributed by atoms with Crippen molar-refractivity contribution in [2.45, 2.75) is 96.1 Å². The van der Waals surface area contributed by atoms with Crippen molar-refractivity contribution in [1.82, 2.24) is 46.4 Å². The lowest BCUT2D eigenvalue weighted by Crippen LogP contribution is -2.52. The number of pyridine rings is 2. The molecule has 8 amide bonds. The van der Waals surface area contributed by atoms with Crippen LogP contribution in [0.15, 0.2) is 59.4 Å². The molecule has 0 radical (unpaired) electrons. The van der Waals surface area contributed by atoms with Crippen molar-refractivity contribution in [2.75, 3.05) is 37.8 Å². The van der Waals surface area contributed by atoms with Gasteiger partial charge in [0.15, 0.2) is 5.60 Å². The summed E-state index contributed by atoms with van der Waals surface area (Å²) in [6.45, 7) is 1.69. The van der Waals surface area contributed by atoms with Crippen molar-refractivity contribution in [3.05, 3.63) is 110 Å². The minimum atomic E-state index is -2.07. The number of nitrogens with one attached hydrogen (secondary N) is 6. The number of halogens is 1. The van der Waals surface area contributed by atoms with Crippen LogP contribution in [0.25, 0.3) is 22.3 Å². The number of aromatic nitrogens is 2. The van der Waals surface area contributed by atoms with Crippen LogP contribution in [0.3, 0.4) is 0 Å². The molecule has 0 unspecified atom stereocenters. The van der Waals surface area contributed by atoms with E-state index < -0.39 is 77.7 Å². The number of hydrogen-bond donors (Lipinski definition) is 7. The average Bonchev–Trinajstić information content (AvgIpc) is 3.92. The number of nitrogens with zero attached hydrogens (tertiary/aromatic N) is 3.